The normalized spacial score (nSPS) is 10.9. The Morgan fingerprint density at radius 3 is 2.50 bits per heavy atom. The minimum atomic E-state index is -0.554. The van der Waals surface area contributed by atoms with Crippen molar-refractivity contribution < 1.29 is 8.78 Å². The van der Waals surface area contributed by atoms with Gasteiger partial charge in [0.05, 0.1) is 11.4 Å². The quantitative estimate of drug-likeness (QED) is 0.560. The summed E-state index contributed by atoms with van der Waals surface area (Å²) in [5.74, 6) is -0.266. The van der Waals surface area contributed by atoms with Gasteiger partial charge in [0, 0.05) is 24.2 Å². The first-order valence-electron chi connectivity index (χ1n) is 9.06. The van der Waals surface area contributed by atoms with E-state index in [9.17, 15) is 8.78 Å². The molecular weight excluding hydrogens is 360 g/mol. The monoisotopic (exact) mass is 383 g/mol. The lowest BCUT2D eigenvalue weighted by Crippen LogP contribution is -2.17. The van der Waals surface area contributed by atoms with E-state index in [-0.39, 0.29) is 5.69 Å². The predicted octanol–water partition coefficient (Wildman–Crippen LogP) is 4.53. The van der Waals surface area contributed by atoms with Crippen LogP contribution in [0.1, 0.15) is 6.42 Å². The van der Waals surface area contributed by atoms with Gasteiger partial charge in [-0.3, -0.25) is 0 Å². The van der Waals surface area contributed by atoms with Gasteiger partial charge in [-0.15, -0.1) is 0 Å². The highest BCUT2D eigenvalue weighted by atomic mass is 19.1. The molecule has 0 unspecified atom stereocenters. The molecule has 0 bridgehead atoms. The van der Waals surface area contributed by atoms with Gasteiger partial charge in [-0.1, -0.05) is 30.3 Å². The molecule has 0 saturated heterocycles. The van der Waals surface area contributed by atoms with E-state index in [0.29, 0.717) is 24.0 Å². The summed E-state index contributed by atoms with van der Waals surface area (Å²) >= 11 is 0. The van der Waals surface area contributed by atoms with Crippen LogP contribution in [0.2, 0.25) is 0 Å². The van der Waals surface area contributed by atoms with Gasteiger partial charge in [-0.2, -0.15) is 4.98 Å². The average Bonchev–Trinajstić information content (AvgIpc) is 2.68. The van der Waals surface area contributed by atoms with E-state index in [1.54, 1.807) is 6.07 Å². The maximum Gasteiger partial charge on any atom is 0.225 e. The second-order valence-corrected chi connectivity index (χ2v) is 6.66. The number of rotatable bonds is 8. The van der Waals surface area contributed by atoms with Crippen LogP contribution in [-0.4, -0.2) is 42.1 Å². The van der Waals surface area contributed by atoms with Crippen molar-refractivity contribution in [2.75, 3.05) is 37.8 Å². The zero-order valence-corrected chi connectivity index (χ0v) is 15.9. The smallest absolute Gasteiger partial charge is 0.225 e. The summed E-state index contributed by atoms with van der Waals surface area (Å²) in [6.07, 6.45) is 0.924. The second kappa shape index (κ2) is 9.23. The van der Waals surface area contributed by atoms with Crippen molar-refractivity contribution in [3.05, 3.63) is 66.2 Å². The van der Waals surface area contributed by atoms with Crippen LogP contribution in [0.25, 0.3) is 11.3 Å². The first kappa shape index (κ1) is 19.7. The molecule has 1 heterocycles. The Kier molecular flexibility index (Phi) is 6.49. The van der Waals surface area contributed by atoms with Crippen LogP contribution < -0.4 is 10.6 Å². The summed E-state index contributed by atoms with van der Waals surface area (Å²) in [7, 11) is 4.03. The third-order valence-electron chi connectivity index (χ3n) is 4.05. The summed E-state index contributed by atoms with van der Waals surface area (Å²) in [4.78, 5) is 11.1. The number of nitrogens with zero attached hydrogens (tertiary/aromatic N) is 3. The number of benzene rings is 2. The molecule has 0 spiro atoms. The largest absolute Gasteiger partial charge is 0.354 e. The van der Waals surface area contributed by atoms with E-state index >= 15 is 0 Å². The van der Waals surface area contributed by atoms with Gasteiger partial charge in [0.2, 0.25) is 5.95 Å². The molecule has 2 N–H and O–H groups in total. The molecule has 5 nitrogen and oxygen atoms in total. The lowest BCUT2D eigenvalue weighted by atomic mass is 10.1. The van der Waals surface area contributed by atoms with Gasteiger partial charge in [0.25, 0.3) is 0 Å². The summed E-state index contributed by atoms with van der Waals surface area (Å²) < 4.78 is 27.5. The Labute approximate surface area is 163 Å². The molecule has 146 valence electrons. The van der Waals surface area contributed by atoms with Crippen LogP contribution in [0.15, 0.2) is 54.6 Å². The van der Waals surface area contributed by atoms with E-state index in [0.717, 1.165) is 36.7 Å². The highest BCUT2D eigenvalue weighted by molar-refractivity contribution is 5.67. The third kappa shape index (κ3) is 5.47. The molecule has 0 radical (unpaired) electrons. The van der Waals surface area contributed by atoms with Crippen LogP contribution in [0.3, 0.4) is 0 Å². The topological polar surface area (TPSA) is 53.1 Å². The lowest BCUT2D eigenvalue weighted by Gasteiger charge is -2.13. The minimum absolute atomic E-state index is 0.0243. The van der Waals surface area contributed by atoms with E-state index in [1.165, 1.54) is 0 Å². The molecule has 7 heteroatoms. The second-order valence-electron chi connectivity index (χ2n) is 6.66. The number of hydrogen-bond acceptors (Lipinski definition) is 5. The summed E-state index contributed by atoms with van der Waals surface area (Å²) in [5, 5.41) is 6.06. The molecule has 0 fully saturated rings. The Balaban J connectivity index is 1.87. The first-order chi connectivity index (χ1) is 13.5. The number of anilines is 3. The van der Waals surface area contributed by atoms with E-state index in [4.69, 9.17) is 0 Å². The molecule has 1 aromatic heterocycles. The predicted molar refractivity (Wildman–Crippen MR) is 109 cm³/mol. The van der Waals surface area contributed by atoms with Crippen molar-refractivity contribution in [3.63, 3.8) is 0 Å². The highest BCUT2D eigenvalue weighted by Gasteiger charge is 2.10. The van der Waals surface area contributed by atoms with Gasteiger partial charge in [-0.25, -0.2) is 13.8 Å². The molecule has 3 aromatic rings. The van der Waals surface area contributed by atoms with Crippen molar-refractivity contribution in [2.24, 2.45) is 0 Å². The van der Waals surface area contributed by atoms with Gasteiger partial charge in [0.15, 0.2) is 0 Å². The molecule has 0 atom stereocenters. The molecule has 0 aliphatic rings. The maximum atomic E-state index is 14.0. The van der Waals surface area contributed by atoms with Crippen LogP contribution in [-0.2, 0) is 0 Å². The van der Waals surface area contributed by atoms with E-state index in [1.807, 2.05) is 44.4 Å². The van der Waals surface area contributed by atoms with Crippen molar-refractivity contribution in [2.45, 2.75) is 6.42 Å². The summed E-state index contributed by atoms with van der Waals surface area (Å²) in [6, 6.07) is 14.6. The van der Waals surface area contributed by atoms with Crippen molar-refractivity contribution in [1.82, 2.24) is 14.9 Å². The Bertz CT molecular complexity index is 916. The van der Waals surface area contributed by atoms with Gasteiger partial charge >= 0.3 is 0 Å². The van der Waals surface area contributed by atoms with E-state index in [2.05, 4.69) is 25.5 Å². The Morgan fingerprint density at radius 1 is 0.964 bits per heavy atom. The first-order valence-corrected chi connectivity index (χ1v) is 9.06. The maximum absolute atomic E-state index is 14.0. The number of aromatic nitrogens is 2. The number of nitrogens with one attached hydrogen (secondary N) is 2. The molecule has 28 heavy (non-hydrogen) atoms. The zero-order valence-electron chi connectivity index (χ0n) is 15.9. The third-order valence-corrected chi connectivity index (χ3v) is 4.05. The fraction of sp³-hybridized carbons (Fsp3) is 0.238. The van der Waals surface area contributed by atoms with Crippen molar-refractivity contribution in [1.29, 1.82) is 0 Å². The van der Waals surface area contributed by atoms with Crippen LogP contribution in [0.5, 0.6) is 0 Å². The van der Waals surface area contributed by atoms with Crippen LogP contribution in [0, 0.1) is 11.6 Å². The fourth-order valence-electron chi connectivity index (χ4n) is 2.67. The van der Waals surface area contributed by atoms with Crippen LogP contribution in [0.4, 0.5) is 26.2 Å². The standard InChI is InChI=1S/C21H23F2N5/c1-28(2)12-6-11-24-21-26-18(15-7-4-3-5-8-15)14-20(27-21)25-19-13-16(22)9-10-17(19)23/h3-5,7-10,13-14H,6,11-12H2,1-2H3,(H2,24,25,26,27). The van der Waals surface area contributed by atoms with Gasteiger partial charge in [-0.05, 0) is 39.2 Å². The molecule has 3 rings (SSSR count). The molecule has 0 aliphatic carbocycles. The Hall–Kier alpha value is -3.06. The minimum Gasteiger partial charge on any atom is -0.354 e. The summed E-state index contributed by atoms with van der Waals surface area (Å²) in [6.45, 7) is 1.63. The lowest BCUT2D eigenvalue weighted by molar-refractivity contribution is 0.405. The van der Waals surface area contributed by atoms with Crippen molar-refractivity contribution >= 4 is 17.5 Å². The molecular formula is C21H23F2N5. The molecule has 0 amide bonds. The SMILES string of the molecule is CN(C)CCCNc1nc(Nc2cc(F)ccc2F)cc(-c2ccccc2)n1. The molecule has 2 aromatic carbocycles. The molecule has 0 aliphatic heterocycles. The van der Waals surface area contributed by atoms with E-state index < -0.39 is 11.6 Å². The number of halogens is 2. The fourth-order valence-corrected chi connectivity index (χ4v) is 2.67. The van der Waals surface area contributed by atoms with Crippen LogP contribution >= 0.6 is 0 Å². The highest BCUT2D eigenvalue weighted by Crippen LogP contribution is 2.25. The van der Waals surface area contributed by atoms with Gasteiger partial charge in [0.1, 0.15) is 17.5 Å². The average molecular weight is 383 g/mol. The Morgan fingerprint density at radius 2 is 1.75 bits per heavy atom. The van der Waals surface area contributed by atoms with Gasteiger partial charge < -0.3 is 15.5 Å². The molecule has 0 saturated carbocycles. The summed E-state index contributed by atoms with van der Waals surface area (Å²) in [5.41, 5.74) is 1.62. The zero-order chi connectivity index (χ0) is 19.9. The number of hydrogen-bond donors (Lipinski definition) is 2. The van der Waals surface area contributed by atoms with Crippen molar-refractivity contribution in [3.8, 4) is 11.3 Å².